The van der Waals surface area contributed by atoms with Crippen LogP contribution >= 0.6 is 0 Å². The second-order valence-electron chi connectivity index (χ2n) is 15.2. The fourth-order valence-electron chi connectivity index (χ4n) is 10.6. The third kappa shape index (κ3) is 2.69. The van der Waals surface area contributed by atoms with E-state index in [0.29, 0.717) is 18.8 Å². The number of carboxylic acids is 1. The maximum absolute atomic E-state index is 14.4. The number of carbonyl (C=O) groups is 2. The minimum atomic E-state index is -1.58. The van der Waals surface area contributed by atoms with Gasteiger partial charge in [0.1, 0.15) is 11.4 Å². The SMILES string of the molecule is CC1(C)c2oncc2C[C@]2(C)C3=CC(=O)[C@]4(O)[C@@H]5C[C@@](C)(C(=O)O)CC[C@]5(C)CC[C@@]4(C)[C@]3(C)CC[C@@H]12. The Labute approximate surface area is 220 Å². The minimum absolute atomic E-state index is 0.205. The van der Waals surface area contributed by atoms with Crippen molar-refractivity contribution in [3.63, 3.8) is 0 Å². The van der Waals surface area contributed by atoms with Gasteiger partial charge in [0, 0.05) is 22.3 Å². The molecule has 0 aliphatic heterocycles. The number of rotatable bonds is 1. The molecule has 0 bridgehead atoms. The van der Waals surface area contributed by atoms with Gasteiger partial charge in [-0.15, -0.1) is 0 Å². The summed E-state index contributed by atoms with van der Waals surface area (Å²) in [6, 6.07) is 0. The van der Waals surface area contributed by atoms with Crippen molar-refractivity contribution >= 4 is 11.8 Å². The second-order valence-corrected chi connectivity index (χ2v) is 15.2. The van der Waals surface area contributed by atoms with Gasteiger partial charge in [-0.2, -0.15) is 0 Å². The zero-order valence-corrected chi connectivity index (χ0v) is 23.5. The summed E-state index contributed by atoms with van der Waals surface area (Å²) in [5.74, 6) is -0.149. The van der Waals surface area contributed by atoms with Gasteiger partial charge < -0.3 is 14.7 Å². The number of ketones is 1. The third-order valence-electron chi connectivity index (χ3n) is 13.2. The van der Waals surface area contributed by atoms with Gasteiger partial charge >= 0.3 is 5.97 Å². The molecule has 0 unspecified atom stereocenters. The lowest BCUT2D eigenvalue weighted by molar-refractivity contribution is -0.244. The van der Waals surface area contributed by atoms with Crippen molar-refractivity contribution in [1.82, 2.24) is 5.16 Å². The molecule has 5 aliphatic rings. The number of nitrogens with zero attached hydrogens (tertiary/aromatic N) is 1. The number of carboxylic acid groups (broad SMARTS) is 1. The topological polar surface area (TPSA) is 101 Å². The van der Waals surface area contributed by atoms with Crippen LogP contribution in [0.5, 0.6) is 0 Å². The molecule has 0 amide bonds. The highest BCUT2D eigenvalue weighted by Gasteiger charge is 2.75. The summed E-state index contributed by atoms with van der Waals surface area (Å²) in [6.45, 7) is 15.2. The zero-order valence-electron chi connectivity index (χ0n) is 23.5. The molecule has 1 aromatic heterocycles. The highest BCUT2D eigenvalue weighted by Crippen LogP contribution is 2.75. The smallest absolute Gasteiger partial charge is 0.309 e. The van der Waals surface area contributed by atoms with E-state index in [1.54, 1.807) is 6.92 Å². The van der Waals surface area contributed by atoms with Crippen molar-refractivity contribution in [3.8, 4) is 0 Å². The van der Waals surface area contributed by atoms with Crippen molar-refractivity contribution < 1.29 is 24.3 Å². The van der Waals surface area contributed by atoms with Gasteiger partial charge in [-0.25, -0.2) is 0 Å². The van der Waals surface area contributed by atoms with E-state index >= 15 is 0 Å². The van der Waals surface area contributed by atoms with E-state index in [9.17, 15) is 19.8 Å². The summed E-state index contributed by atoms with van der Waals surface area (Å²) < 4.78 is 5.75. The average molecular weight is 510 g/mol. The first kappa shape index (κ1) is 25.3. The van der Waals surface area contributed by atoms with Crippen molar-refractivity contribution in [3.05, 3.63) is 29.2 Å². The van der Waals surface area contributed by atoms with Gasteiger partial charge in [-0.3, -0.25) is 9.59 Å². The van der Waals surface area contributed by atoms with Crippen LogP contribution in [0.2, 0.25) is 0 Å². The summed E-state index contributed by atoms with van der Waals surface area (Å²) in [5.41, 5.74) is -1.96. The molecule has 5 aliphatic carbocycles. The molecule has 0 saturated heterocycles. The molecule has 6 nitrogen and oxygen atoms in total. The van der Waals surface area contributed by atoms with E-state index < -0.39 is 22.4 Å². The van der Waals surface area contributed by atoms with E-state index in [2.05, 4.69) is 46.7 Å². The van der Waals surface area contributed by atoms with Gasteiger partial charge in [-0.1, -0.05) is 52.3 Å². The summed E-state index contributed by atoms with van der Waals surface area (Å²) in [7, 11) is 0. The molecule has 6 heteroatoms. The quantitative estimate of drug-likeness (QED) is 0.491. The fourth-order valence-corrected chi connectivity index (χ4v) is 10.6. The number of hydrogen-bond donors (Lipinski definition) is 2. The Morgan fingerprint density at radius 1 is 1.00 bits per heavy atom. The van der Waals surface area contributed by atoms with E-state index in [0.717, 1.165) is 49.8 Å². The van der Waals surface area contributed by atoms with E-state index in [1.807, 2.05) is 12.3 Å². The van der Waals surface area contributed by atoms with Crippen LogP contribution in [0.1, 0.15) is 105 Å². The van der Waals surface area contributed by atoms with Crippen LogP contribution in [0.3, 0.4) is 0 Å². The number of allylic oxidation sites excluding steroid dienone is 1. The van der Waals surface area contributed by atoms with Crippen LogP contribution < -0.4 is 0 Å². The Balaban J connectivity index is 1.53. The first-order valence-corrected chi connectivity index (χ1v) is 14.2. The fraction of sp³-hybridized carbons (Fsp3) is 0.774. The van der Waals surface area contributed by atoms with E-state index in [-0.39, 0.29) is 33.4 Å². The molecule has 1 heterocycles. The van der Waals surface area contributed by atoms with Gasteiger partial charge in [0.15, 0.2) is 5.78 Å². The minimum Gasteiger partial charge on any atom is -0.481 e. The number of carbonyl (C=O) groups excluding carboxylic acids is 1. The molecule has 0 spiro atoms. The molecule has 1 aromatic rings. The Morgan fingerprint density at radius 3 is 2.35 bits per heavy atom. The summed E-state index contributed by atoms with van der Waals surface area (Å²) >= 11 is 0. The van der Waals surface area contributed by atoms with Gasteiger partial charge in [0.2, 0.25) is 0 Å². The molecule has 2 N–H and O–H groups in total. The number of aromatic nitrogens is 1. The maximum Gasteiger partial charge on any atom is 0.309 e. The Bertz CT molecular complexity index is 1250. The molecule has 8 atom stereocenters. The highest BCUT2D eigenvalue weighted by molar-refractivity contribution is 6.01. The normalized spacial score (nSPS) is 50.1. The molecule has 202 valence electrons. The van der Waals surface area contributed by atoms with Crippen LogP contribution in [0.15, 0.2) is 22.4 Å². The van der Waals surface area contributed by atoms with E-state index in [4.69, 9.17) is 4.52 Å². The van der Waals surface area contributed by atoms with Gasteiger partial charge in [0.05, 0.1) is 11.6 Å². The number of aliphatic hydroxyl groups is 1. The molecule has 3 saturated carbocycles. The standard InChI is InChI=1S/C31H43NO5/c1-25(2)19-8-9-29(6)20(28(19,5)15-18-17-32-37-23(18)25)14-22(33)31(36)21-16-27(4,24(34)35)11-10-26(21,3)12-13-30(29,31)7/h14,17,19,21,36H,8-13,15-16H2,1-7H3,(H,34,35)/t19-,21+,26+,27-,28-,29+,30-,31+/m0/s1. The lowest BCUT2D eigenvalue weighted by atomic mass is 9.32. The largest absolute Gasteiger partial charge is 0.481 e. The van der Waals surface area contributed by atoms with Gasteiger partial charge in [-0.05, 0) is 86.5 Å². The Morgan fingerprint density at radius 2 is 1.68 bits per heavy atom. The van der Waals surface area contributed by atoms with Gasteiger partial charge in [0.25, 0.3) is 0 Å². The predicted molar refractivity (Wildman–Crippen MR) is 139 cm³/mol. The third-order valence-corrected chi connectivity index (χ3v) is 13.2. The van der Waals surface area contributed by atoms with Crippen LogP contribution in [-0.2, 0) is 21.4 Å². The zero-order chi connectivity index (χ0) is 27.0. The molecule has 0 aromatic carbocycles. The second kappa shape index (κ2) is 6.97. The Hall–Kier alpha value is -1.95. The lowest BCUT2D eigenvalue weighted by Gasteiger charge is -2.71. The first-order chi connectivity index (χ1) is 17.0. The van der Waals surface area contributed by atoms with Crippen LogP contribution in [0.25, 0.3) is 0 Å². The molecule has 3 fully saturated rings. The summed E-state index contributed by atoms with van der Waals surface area (Å²) in [5, 5.41) is 27.0. The van der Waals surface area contributed by atoms with Crippen molar-refractivity contribution in [2.45, 2.75) is 111 Å². The Kier molecular flexibility index (Phi) is 4.77. The van der Waals surface area contributed by atoms with Crippen LogP contribution in [0, 0.1) is 38.9 Å². The summed E-state index contributed by atoms with van der Waals surface area (Å²) in [4.78, 5) is 26.7. The molecule has 0 radical (unpaired) electrons. The monoisotopic (exact) mass is 509 g/mol. The van der Waals surface area contributed by atoms with E-state index in [1.165, 1.54) is 5.57 Å². The number of hydrogen-bond acceptors (Lipinski definition) is 5. The molecular weight excluding hydrogens is 466 g/mol. The average Bonchev–Trinajstić information content (AvgIpc) is 3.28. The van der Waals surface area contributed by atoms with Crippen LogP contribution in [0.4, 0.5) is 0 Å². The highest BCUT2D eigenvalue weighted by atomic mass is 16.5. The molecule has 37 heavy (non-hydrogen) atoms. The van der Waals surface area contributed by atoms with Crippen LogP contribution in [-0.4, -0.2) is 32.7 Å². The predicted octanol–water partition coefficient (Wildman–Crippen LogP) is 5.87. The maximum atomic E-state index is 14.4. The first-order valence-electron chi connectivity index (χ1n) is 14.2. The summed E-state index contributed by atoms with van der Waals surface area (Å²) in [6.07, 6.45) is 9.63. The lowest BCUT2D eigenvalue weighted by Crippen LogP contribution is -2.74. The van der Waals surface area contributed by atoms with Crippen molar-refractivity contribution in [1.29, 1.82) is 0 Å². The molecular formula is C31H43NO5. The van der Waals surface area contributed by atoms with Crippen molar-refractivity contribution in [2.24, 2.45) is 38.9 Å². The molecule has 6 rings (SSSR count). The number of aliphatic carboxylic acids is 1. The van der Waals surface area contributed by atoms with Crippen molar-refractivity contribution in [2.75, 3.05) is 0 Å². The number of fused-ring (bicyclic) bond motifs is 8.